The van der Waals surface area contributed by atoms with E-state index in [0.29, 0.717) is 12.2 Å². The van der Waals surface area contributed by atoms with Crippen molar-refractivity contribution < 1.29 is 13.9 Å². The molecular formula is C16H11BrClFO2. The number of carbonyl (C=O) groups is 1. The van der Waals surface area contributed by atoms with Gasteiger partial charge in [-0.15, -0.1) is 0 Å². The number of ether oxygens (including phenoxy) is 1. The summed E-state index contributed by atoms with van der Waals surface area (Å²) >= 11 is 9.07. The van der Waals surface area contributed by atoms with Crippen LogP contribution in [0.25, 0.3) is 0 Å². The zero-order valence-electron chi connectivity index (χ0n) is 11.0. The normalized spacial score (nSPS) is 12.9. The minimum absolute atomic E-state index is 0.0123. The van der Waals surface area contributed by atoms with Crippen LogP contribution in [0.3, 0.4) is 0 Å². The quantitative estimate of drug-likeness (QED) is 0.739. The lowest BCUT2D eigenvalue weighted by Crippen LogP contribution is -2.05. The van der Waals surface area contributed by atoms with Crippen LogP contribution >= 0.6 is 27.5 Å². The molecule has 0 N–H and O–H groups in total. The van der Waals surface area contributed by atoms with Crippen LogP contribution in [-0.4, -0.2) is 12.4 Å². The summed E-state index contributed by atoms with van der Waals surface area (Å²) in [6, 6.07) is 7.97. The Kier molecular flexibility index (Phi) is 4.00. The lowest BCUT2D eigenvalue weighted by Gasteiger charge is -2.09. The number of fused-ring (bicyclic) bond motifs is 1. The van der Waals surface area contributed by atoms with Gasteiger partial charge in [0.2, 0.25) is 0 Å². The van der Waals surface area contributed by atoms with Crippen molar-refractivity contribution in [1.29, 1.82) is 0 Å². The van der Waals surface area contributed by atoms with Crippen molar-refractivity contribution >= 4 is 33.3 Å². The van der Waals surface area contributed by atoms with Crippen LogP contribution in [0.1, 0.15) is 21.5 Å². The Balaban J connectivity index is 1.90. The summed E-state index contributed by atoms with van der Waals surface area (Å²) in [6.45, 7) is 0.628. The second kappa shape index (κ2) is 5.78. The van der Waals surface area contributed by atoms with Crippen LogP contribution in [0.2, 0.25) is 5.02 Å². The minimum Gasteiger partial charge on any atom is -0.493 e. The molecule has 0 atom stereocenters. The first kappa shape index (κ1) is 14.5. The minimum atomic E-state index is -0.585. The fourth-order valence-electron chi connectivity index (χ4n) is 2.42. The number of rotatable bonds is 3. The van der Waals surface area contributed by atoms with Crippen molar-refractivity contribution in [2.75, 3.05) is 6.61 Å². The van der Waals surface area contributed by atoms with E-state index in [1.165, 1.54) is 18.2 Å². The predicted octanol–water partition coefficient (Wildman–Crippen LogP) is 4.60. The summed E-state index contributed by atoms with van der Waals surface area (Å²) in [5.74, 6) is 0.0283. The number of Topliss-reactive ketones (excluding diaryl/α,β-unsaturated/α-hetero) is 1. The van der Waals surface area contributed by atoms with Gasteiger partial charge >= 0.3 is 0 Å². The predicted molar refractivity (Wildman–Crippen MR) is 82.8 cm³/mol. The Bertz CT molecular complexity index is 730. The van der Waals surface area contributed by atoms with Crippen molar-refractivity contribution in [3.63, 3.8) is 0 Å². The SMILES string of the molecule is O=C(Cc1cc(Br)cc2c1OCC2)c1ccc(Cl)c(F)c1. The van der Waals surface area contributed by atoms with Crippen LogP contribution in [-0.2, 0) is 12.8 Å². The molecule has 1 aliphatic rings. The second-order valence-electron chi connectivity index (χ2n) is 4.88. The molecule has 2 aromatic carbocycles. The molecule has 5 heteroatoms. The molecule has 0 radical (unpaired) electrons. The Morgan fingerprint density at radius 3 is 2.90 bits per heavy atom. The largest absolute Gasteiger partial charge is 0.493 e. The van der Waals surface area contributed by atoms with Gasteiger partial charge in [-0.05, 0) is 35.9 Å². The van der Waals surface area contributed by atoms with E-state index in [-0.39, 0.29) is 17.2 Å². The Morgan fingerprint density at radius 1 is 1.33 bits per heavy atom. The van der Waals surface area contributed by atoms with Gasteiger partial charge in [0.05, 0.1) is 11.6 Å². The zero-order chi connectivity index (χ0) is 15.0. The molecule has 0 spiro atoms. The Hall–Kier alpha value is -1.39. The number of hydrogen-bond acceptors (Lipinski definition) is 2. The highest BCUT2D eigenvalue weighted by Gasteiger charge is 2.20. The van der Waals surface area contributed by atoms with Crippen molar-refractivity contribution in [2.24, 2.45) is 0 Å². The lowest BCUT2D eigenvalue weighted by atomic mass is 10.00. The summed E-state index contributed by atoms with van der Waals surface area (Å²) in [4.78, 5) is 12.3. The molecule has 0 fully saturated rings. The number of carbonyl (C=O) groups excluding carboxylic acids is 1. The number of halogens is 3. The first-order chi connectivity index (χ1) is 10.0. The van der Waals surface area contributed by atoms with Gasteiger partial charge < -0.3 is 4.74 Å². The van der Waals surface area contributed by atoms with E-state index in [0.717, 1.165) is 27.8 Å². The average Bonchev–Trinajstić information content (AvgIpc) is 2.90. The van der Waals surface area contributed by atoms with Crippen LogP contribution in [0, 0.1) is 5.82 Å². The highest BCUT2D eigenvalue weighted by atomic mass is 79.9. The third kappa shape index (κ3) is 2.97. The Morgan fingerprint density at radius 2 is 2.14 bits per heavy atom. The molecule has 3 rings (SSSR count). The highest BCUT2D eigenvalue weighted by molar-refractivity contribution is 9.10. The molecule has 0 aromatic heterocycles. The van der Waals surface area contributed by atoms with Crippen molar-refractivity contribution in [2.45, 2.75) is 12.8 Å². The van der Waals surface area contributed by atoms with Crippen molar-refractivity contribution in [1.82, 2.24) is 0 Å². The lowest BCUT2D eigenvalue weighted by molar-refractivity contribution is 0.0991. The summed E-state index contributed by atoms with van der Waals surface area (Å²) in [7, 11) is 0. The molecule has 0 aliphatic carbocycles. The number of hydrogen-bond donors (Lipinski definition) is 0. The van der Waals surface area contributed by atoms with Crippen molar-refractivity contribution in [3.05, 3.63) is 62.3 Å². The Labute approximate surface area is 135 Å². The molecule has 0 unspecified atom stereocenters. The first-order valence-corrected chi connectivity index (χ1v) is 7.64. The molecule has 0 saturated carbocycles. The molecule has 0 amide bonds. The zero-order valence-corrected chi connectivity index (χ0v) is 13.3. The third-order valence-electron chi connectivity index (χ3n) is 3.42. The van der Waals surface area contributed by atoms with Crippen LogP contribution < -0.4 is 4.74 Å². The maximum absolute atomic E-state index is 13.4. The smallest absolute Gasteiger partial charge is 0.167 e. The molecular weight excluding hydrogens is 359 g/mol. The van der Waals surface area contributed by atoms with Gasteiger partial charge in [-0.1, -0.05) is 27.5 Å². The van der Waals surface area contributed by atoms with Crippen molar-refractivity contribution in [3.8, 4) is 5.75 Å². The fraction of sp³-hybridized carbons (Fsp3) is 0.188. The van der Waals surface area contributed by atoms with Gasteiger partial charge in [0.25, 0.3) is 0 Å². The number of ketones is 1. The van der Waals surface area contributed by atoms with Gasteiger partial charge in [0, 0.05) is 28.4 Å². The number of benzene rings is 2. The molecule has 108 valence electrons. The molecule has 1 heterocycles. The summed E-state index contributed by atoms with van der Waals surface area (Å²) in [6.07, 6.45) is 1.01. The second-order valence-corrected chi connectivity index (χ2v) is 6.20. The van der Waals surface area contributed by atoms with E-state index in [1.54, 1.807) is 0 Å². The van der Waals surface area contributed by atoms with Crippen LogP contribution in [0.15, 0.2) is 34.8 Å². The molecule has 0 saturated heterocycles. The van der Waals surface area contributed by atoms with E-state index >= 15 is 0 Å². The molecule has 1 aliphatic heterocycles. The van der Waals surface area contributed by atoms with Gasteiger partial charge in [-0.25, -0.2) is 4.39 Å². The van der Waals surface area contributed by atoms with Gasteiger partial charge in [0.1, 0.15) is 11.6 Å². The average molecular weight is 370 g/mol. The monoisotopic (exact) mass is 368 g/mol. The maximum Gasteiger partial charge on any atom is 0.167 e. The van der Waals surface area contributed by atoms with Crippen LogP contribution in [0.4, 0.5) is 4.39 Å². The topological polar surface area (TPSA) is 26.3 Å². The highest BCUT2D eigenvalue weighted by Crippen LogP contribution is 2.33. The van der Waals surface area contributed by atoms with Gasteiger partial charge in [0.15, 0.2) is 5.78 Å². The molecule has 0 bridgehead atoms. The fourth-order valence-corrected chi connectivity index (χ4v) is 3.09. The molecule has 2 nitrogen and oxygen atoms in total. The van der Waals surface area contributed by atoms with E-state index in [4.69, 9.17) is 16.3 Å². The van der Waals surface area contributed by atoms with E-state index in [2.05, 4.69) is 15.9 Å². The maximum atomic E-state index is 13.4. The van der Waals surface area contributed by atoms with E-state index < -0.39 is 5.82 Å². The van der Waals surface area contributed by atoms with Gasteiger partial charge in [-0.2, -0.15) is 0 Å². The van der Waals surface area contributed by atoms with Gasteiger partial charge in [-0.3, -0.25) is 4.79 Å². The molecule has 2 aromatic rings. The third-order valence-corrected chi connectivity index (χ3v) is 4.18. The standard InChI is InChI=1S/C16H11BrClFO2/c17-12-5-10-3-4-21-16(10)11(6-12)8-15(20)9-1-2-13(18)14(19)7-9/h1-2,5-7H,3-4,8H2. The summed E-state index contributed by atoms with van der Waals surface area (Å²) in [5, 5.41) is 0.0123. The van der Waals surface area contributed by atoms with E-state index in [9.17, 15) is 9.18 Å². The van der Waals surface area contributed by atoms with Crippen LogP contribution in [0.5, 0.6) is 5.75 Å². The molecule has 21 heavy (non-hydrogen) atoms. The summed E-state index contributed by atoms with van der Waals surface area (Å²) < 4.78 is 20.0. The first-order valence-electron chi connectivity index (χ1n) is 6.47. The van der Waals surface area contributed by atoms with E-state index in [1.807, 2.05) is 12.1 Å². The summed E-state index contributed by atoms with van der Waals surface area (Å²) in [5.41, 5.74) is 2.22.